The molecule has 0 bridgehead atoms. The molecule has 0 amide bonds. The largest absolute Gasteiger partial charge is 0.411 e. The van der Waals surface area contributed by atoms with Crippen LogP contribution in [0.4, 0.5) is 0 Å². The van der Waals surface area contributed by atoms with Gasteiger partial charge in [0.2, 0.25) is 5.89 Å². The minimum atomic E-state index is 0.525. The maximum atomic E-state index is 6.00. The van der Waals surface area contributed by atoms with Crippen molar-refractivity contribution in [2.24, 2.45) is 0 Å². The van der Waals surface area contributed by atoms with Crippen molar-refractivity contribution in [3.8, 4) is 11.5 Å². The maximum Gasteiger partial charge on any atom is 0.277 e. The zero-order valence-corrected chi connectivity index (χ0v) is 14.0. The quantitative estimate of drug-likeness (QED) is 0.570. The molecule has 0 aliphatic heterocycles. The summed E-state index contributed by atoms with van der Waals surface area (Å²) in [5, 5.41) is 9.76. The number of nitrogens with zero attached hydrogens (tertiary/aromatic N) is 2. The molecule has 22 heavy (non-hydrogen) atoms. The zero-order chi connectivity index (χ0) is 15.5. The fourth-order valence-electron chi connectivity index (χ4n) is 1.86. The molecule has 2 aromatic carbocycles. The van der Waals surface area contributed by atoms with Gasteiger partial charge < -0.3 is 4.42 Å². The fraction of sp³-hybridized carbons (Fsp3) is 0.125. The third kappa shape index (κ3) is 3.64. The molecular formula is C16H12Cl2N2OS. The average Bonchev–Trinajstić information content (AvgIpc) is 2.98. The van der Waals surface area contributed by atoms with E-state index in [0.29, 0.717) is 26.9 Å². The first-order valence-electron chi connectivity index (χ1n) is 6.59. The monoisotopic (exact) mass is 350 g/mol. The van der Waals surface area contributed by atoms with Crippen LogP contribution in [0.3, 0.4) is 0 Å². The molecule has 3 nitrogen and oxygen atoms in total. The molecule has 0 aliphatic carbocycles. The summed E-state index contributed by atoms with van der Waals surface area (Å²) in [5.41, 5.74) is 3.16. The number of benzene rings is 2. The Kier molecular flexibility index (Phi) is 4.71. The van der Waals surface area contributed by atoms with Crippen molar-refractivity contribution in [2.75, 3.05) is 0 Å². The molecule has 0 aliphatic rings. The predicted octanol–water partition coefficient (Wildman–Crippen LogP) is 5.64. The molecule has 0 spiro atoms. The van der Waals surface area contributed by atoms with Gasteiger partial charge >= 0.3 is 0 Å². The van der Waals surface area contributed by atoms with Crippen molar-refractivity contribution in [3.63, 3.8) is 0 Å². The van der Waals surface area contributed by atoms with E-state index in [1.54, 1.807) is 6.07 Å². The van der Waals surface area contributed by atoms with Gasteiger partial charge in [-0.15, -0.1) is 10.2 Å². The lowest BCUT2D eigenvalue weighted by Gasteiger charge is -2.00. The van der Waals surface area contributed by atoms with Crippen LogP contribution in [0.5, 0.6) is 0 Å². The van der Waals surface area contributed by atoms with Crippen molar-refractivity contribution in [2.45, 2.75) is 17.9 Å². The van der Waals surface area contributed by atoms with Gasteiger partial charge in [0.25, 0.3) is 5.22 Å². The van der Waals surface area contributed by atoms with E-state index in [2.05, 4.69) is 10.2 Å². The summed E-state index contributed by atoms with van der Waals surface area (Å²) in [5.74, 6) is 1.21. The van der Waals surface area contributed by atoms with Gasteiger partial charge in [0.05, 0.1) is 10.0 Å². The van der Waals surface area contributed by atoms with E-state index in [-0.39, 0.29) is 0 Å². The first-order chi connectivity index (χ1) is 10.6. The van der Waals surface area contributed by atoms with Crippen LogP contribution in [0.1, 0.15) is 11.1 Å². The molecule has 0 fully saturated rings. The van der Waals surface area contributed by atoms with Crippen molar-refractivity contribution in [1.29, 1.82) is 0 Å². The van der Waals surface area contributed by atoms with Crippen molar-refractivity contribution < 1.29 is 4.42 Å². The highest BCUT2D eigenvalue weighted by Crippen LogP contribution is 2.28. The number of hydrogen-bond acceptors (Lipinski definition) is 4. The standard InChI is InChI=1S/C16H12Cl2N2OS/c1-10-2-5-12(6-3-10)15-19-20-16(21-15)22-9-11-4-7-13(17)14(18)8-11/h2-8H,9H2,1H3. The number of aryl methyl sites for hydroxylation is 1. The molecule has 0 N–H and O–H groups in total. The highest BCUT2D eigenvalue weighted by atomic mass is 35.5. The molecule has 112 valence electrons. The van der Waals surface area contributed by atoms with E-state index >= 15 is 0 Å². The number of aromatic nitrogens is 2. The van der Waals surface area contributed by atoms with Gasteiger partial charge in [-0.05, 0) is 36.8 Å². The minimum absolute atomic E-state index is 0.525. The van der Waals surface area contributed by atoms with E-state index in [1.807, 2.05) is 43.3 Å². The third-order valence-electron chi connectivity index (χ3n) is 3.05. The summed E-state index contributed by atoms with van der Waals surface area (Å²) in [4.78, 5) is 0. The van der Waals surface area contributed by atoms with Gasteiger partial charge in [-0.3, -0.25) is 0 Å². The van der Waals surface area contributed by atoms with Gasteiger partial charge in [-0.1, -0.05) is 58.7 Å². The van der Waals surface area contributed by atoms with Gasteiger partial charge in [0.1, 0.15) is 0 Å². The topological polar surface area (TPSA) is 38.9 Å². The average molecular weight is 351 g/mol. The van der Waals surface area contributed by atoms with Crippen LogP contribution in [-0.4, -0.2) is 10.2 Å². The Labute approximate surface area is 142 Å². The summed E-state index contributed by atoms with van der Waals surface area (Å²) in [6, 6.07) is 13.5. The van der Waals surface area contributed by atoms with Crippen LogP contribution >= 0.6 is 35.0 Å². The molecule has 1 aromatic heterocycles. The summed E-state index contributed by atoms with van der Waals surface area (Å²) in [6.07, 6.45) is 0. The number of hydrogen-bond donors (Lipinski definition) is 0. The Morgan fingerprint density at radius 3 is 2.50 bits per heavy atom. The lowest BCUT2D eigenvalue weighted by atomic mass is 10.1. The summed E-state index contributed by atoms with van der Waals surface area (Å²) in [6.45, 7) is 2.04. The second-order valence-corrected chi connectivity index (χ2v) is 6.52. The highest BCUT2D eigenvalue weighted by Gasteiger charge is 2.09. The molecule has 1 heterocycles. The van der Waals surface area contributed by atoms with Crippen LogP contribution in [0.2, 0.25) is 10.0 Å². The molecule has 0 saturated heterocycles. The van der Waals surface area contributed by atoms with Gasteiger partial charge in [-0.2, -0.15) is 0 Å². The molecule has 0 saturated carbocycles. The van der Waals surface area contributed by atoms with E-state index in [0.717, 1.165) is 11.1 Å². The highest BCUT2D eigenvalue weighted by molar-refractivity contribution is 7.98. The Bertz CT molecular complexity index is 787. The van der Waals surface area contributed by atoms with Crippen molar-refractivity contribution in [1.82, 2.24) is 10.2 Å². The minimum Gasteiger partial charge on any atom is -0.411 e. The van der Waals surface area contributed by atoms with Gasteiger partial charge in [0.15, 0.2) is 0 Å². The lowest BCUT2D eigenvalue weighted by molar-refractivity contribution is 0.466. The lowest BCUT2D eigenvalue weighted by Crippen LogP contribution is -1.81. The Hall–Kier alpha value is -1.49. The van der Waals surface area contributed by atoms with Crippen LogP contribution in [0, 0.1) is 6.92 Å². The fourth-order valence-corrected chi connectivity index (χ4v) is 2.88. The van der Waals surface area contributed by atoms with Crippen LogP contribution in [0.25, 0.3) is 11.5 Å². The zero-order valence-electron chi connectivity index (χ0n) is 11.7. The second kappa shape index (κ2) is 6.73. The summed E-state index contributed by atoms with van der Waals surface area (Å²) >= 11 is 13.4. The van der Waals surface area contributed by atoms with E-state index in [9.17, 15) is 0 Å². The molecule has 0 unspecified atom stereocenters. The summed E-state index contributed by atoms with van der Waals surface area (Å²) < 4.78 is 5.67. The van der Waals surface area contributed by atoms with E-state index in [4.69, 9.17) is 27.6 Å². The van der Waals surface area contributed by atoms with Crippen molar-refractivity contribution in [3.05, 3.63) is 63.6 Å². The Morgan fingerprint density at radius 2 is 1.77 bits per heavy atom. The molecule has 3 rings (SSSR count). The predicted molar refractivity (Wildman–Crippen MR) is 90.5 cm³/mol. The normalized spacial score (nSPS) is 10.9. The van der Waals surface area contributed by atoms with E-state index < -0.39 is 0 Å². The number of thioether (sulfide) groups is 1. The molecule has 6 heteroatoms. The number of rotatable bonds is 4. The van der Waals surface area contributed by atoms with Crippen LogP contribution < -0.4 is 0 Å². The van der Waals surface area contributed by atoms with E-state index in [1.165, 1.54) is 17.3 Å². The van der Waals surface area contributed by atoms with Crippen LogP contribution in [-0.2, 0) is 5.75 Å². The third-order valence-corrected chi connectivity index (χ3v) is 4.68. The Balaban J connectivity index is 1.69. The first-order valence-corrected chi connectivity index (χ1v) is 8.33. The Morgan fingerprint density at radius 1 is 1.00 bits per heavy atom. The van der Waals surface area contributed by atoms with Crippen LogP contribution in [0.15, 0.2) is 52.1 Å². The molecule has 3 aromatic rings. The van der Waals surface area contributed by atoms with Gasteiger partial charge in [0, 0.05) is 11.3 Å². The summed E-state index contributed by atoms with van der Waals surface area (Å²) in [7, 11) is 0. The number of halogens is 2. The van der Waals surface area contributed by atoms with Crippen molar-refractivity contribution >= 4 is 35.0 Å². The second-order valence-electron chi connectivity index (χ2n) is 4.78. The smallest absolute Gasteiger partial charge is 0.277 e. The molecule has 0 atom stereocenters. The molecular weight excluding hydrogens is 339 g/mol. The maximum absolute atomic E-state index is 6.00. The van der Waals surface area contributed by atoms with Gasteiger partial charge in [-0.25, -0.2) is 0 Å². The molecule has 0 radical (unpaired) electrons. The SMILES string of the molecule is Cc1ccc(-c2nnc(SCc3ccc(Cl)c(Cl)c3)o2)cc1. The first kappa shape index (κ1) is 15.4.